The Hall–Kier alpha value is -1.30. The topological polar surface area (TPSA) is 72.9 Å². The highest BCUT2D eigenvalue weighted by Gasteiger charge is 2.42. The van der Waals surface area contributed by atoms with Crippen molar-refractivity contribution >= 4 is 12.0 Å². The van der Waals surface area contributed by atoms with Crippen LogP contribution in [0.2, 0.25) is 0 Å². The Labute approximate surface area is 120 Å². The molecular weight excluding hydrogens is 258 g/mol. The summed E-state index contributed by atoms with van der Waals surface area (Å²) in [5.74, 6) is -0.854. The number of carbonyl (C=O) groups is 2. The van der Waals surface area contributed by atoms with Crippen LogP contribution in [0.4, 0.5) is 4.79 Å². The third kappa shape index (κ3) is 2.90. The summed E-state index contributed by atoms with van der Waals surface area (Å²) >= 11 is 0. The molecule has 6 nitrogen and oxygen atoms in total. The van der Waals surface area contributed by atoms with Gasteiger partial charge in [0.15, 0.2) is 0 Å². The van der Waals surface area contributed by atoms with E-state index < -0.39 is 12.0 Å². The van der Waals surface area contributed by atoms with Crippen LogP contribution >= 0.6 is 0 Å². The lowest BCUT2D eigenvalue weighted by Crippen LogP contribution is -2.54. The number of nitrogens with zero attached hydrogens (tertiary/aromatic N) is 2. The monoisotopic (exact) mass is 283 g/mol. The van der Waals surface area contributed by atoms with Gasteiger partial charge in [-0.2, -0.15) is 0 Å². The molecule has 2 aliphatic heterocycles. The number of rotatable bonds is 3. The lowest BCUT2D eigenvalue weighted by molar-refractivity contribution is -0.142. The molecule has 0 spiro atoms. The molecule has 0 aromatic heterocycles. The Morgan fingerprint density at radius 1 is 1.30 bits per heavy atom. The fourth-order valence-corrected chi connectivity index (χ4v) is 3.37. The van der Waals surface area contributed by atoms with Crippen LogP contribution in [0.15, 0.2) is 0 Å². The number of carboxylic acids is 1. The van der Waals surface area contributed by atoms with Crippen molar-refractivity contribution in [3.63, 3.8) is 0 Å². The van der Waals surface area contributed by atoms with E-state index in [-0.39, 0.29) is 18.0 Å². The molecule has 2 saturated heterocycles. The molecule has 0 aliphatic carbocycles. The molecule has 2 amide bonds. The van der Waals surface area contributed by atoms with E-state index in [0.717, 1.165) is 32.4 Å². The summed E-state index contributed by atoms with van der Waals surface area (Å²) in [6.07, 6.45) is 2.66. The maximum atomic E-state index is 12.7. The van der Waals surface area contributed by atoms with Crippen molar-refractivity contribution in [2.24, 2.45) is 5.92 Å². The molecule has 2 aliphatic rings. The molecule has 0 bridgehead atoms. The van der Waals surface area contributed by atoms with Crippen LogP contribution in [0.25, 0.3) is 0 Å². The molecule has 20 heavy (non-hydrogen) atoms. The van der Waals surface area contributed by atoms with Crippen LogP contribution in [0, 0.1) is 5.92 Å². The molecule has 2 heterocycles. The zero-order valence-electron chi connectivity index (χ0n) is 12.3. The Bertz CT molecular complexity index is 369. The van der Waals surface area contributed by atoms with E-state index in [9.17, 15) is 14.7 Å². The SMILES string of the molecule is CCN(C(=O)N1CCC(C)C1C(=O)O)C1CCNCC1. The van der Waals surface area contributed by atoms with Crippen molar-refractivity contribution in [2.45, 2.75) is 45.2 Å². The van der Waals surface area contributed by atoms with Crippen molar-refractivity contribution in [1.82, 2.24) is 15.1 Å². The van der Waals surface area contributed by atoms with Gasteiger partial charge in [-0.3, -0.25) is 0 Å². The number of carboxylic acid groups (broad SMARTS) is 1. The first-order valence-corrected chi connectivity index (χ1v) is 7.57. The lowest BCUT2D eigenvalue weighted by Gasteiger charge is -2.37. The van der Waals surface area contributed by atoms with Gasteiger partial charge in [-0.1, -0.05) is 6.92 Å². The van der Waals surface area contributed by atoms with Gasteiger partial charge in [0, 0.05) is 19.1 Å². The number of piperidine rings is 1. The van der Waals surface area contributed by atoms with Crippen LogP contribution < -0.4 is 5.32 Å². The maximum absolute atomic E-state index is 12.7. The number of aliphatic carboxylic acids is 1. The lowest BCUT2D eigenvalue weighted by atomic mass is 10.0. The Morgan fingerprint density at radius 3 is 2.50 bits per heavy atom. The molecule has 0 aromatic carbocycles. The minimum absolute atomic E-state index is 0.0307. The predicted molar refractivity (Wildman–Crippen MR) is 75.6 cm³/mol. The number of likely N-dealkylation sites (tertiary alicyclic amines) is 1. The third-order valence-electron chi connectivity index (χ3n) is 4.53. The van der Waals surface area contributed by atoms with Crippen LogP contribution in [0.1, 0.15) is 33.1 Å². The molecule has 2 rings (SSSR count). The van der Waals surface area contributed by atoms with Crippen LogP contribution in [-0.2, 0) is 4.79 Å². The zero-order chi connectivity index (χ0) is 14.7. The summed E-state index contributed by atoms with van der Waals surface area (Å²) in [5.41, 5.74) is 0. The van der Waals surface area contributed by atoms with Crippen molar-refractivity contribution in [1.29, 1.82) is 0 Å². The number of hydrogen-bond acceptors (Lipinski definition) is 3. The van der Waals surface area contributed by atoms with Gasteiger partial charge in [-0.15, -0.1) is 0 Å². The number of hydrogen-bond donors (Lipinski definition) is 2. The first kappa shape index (κ1) is 15.1. The van der Waals surface area contributed by atoms with Crippen molar-refractivity contribution in [2.75, 3.05) is 26.2 Å². The van der Waals surface area contributed by atoms with Crippen LogP contribution in [0.5, 0.6) is 0 Å². The minimum Gasteiger partial charge on any atom is -0.480 e. The number of amides is 2. The van der Waals surface area contributed by atoms with Gasteiger partial charge >= 0.3 is 12.0 Å². The number of carbonyl (C=O) groups excluding carboxylic acids is 1. The average molecular weight is 283 g/mol. The highest BCUT2D eigenvalue weighted by molar-refractivity contribution is 5.83. The van der Waals surface area contributed by atoms with Crippen molar-refractivity contribution in [3.05, 3.63) is 0 Å². The van der Waals surface area contributed by atoms with Gasteiger partial charge < -0.3 is 20.2 Å². The summed E-state index contributed by atoms with van der Waals surface area (Å²) in [6.45, 7) is 6.92. The summed E-state index contributed by atoms with van der Waals surface area (Å²) < 4.78 is 0. The molecule has 6 heteroatoms. The second kappa shape index (κ2) is 6.43. The quantitative estimate of drug-likeness (QED) is 0.809. The van der Waals surface area contributed by atoms with Gasteiger partial charge in [0.2, 0.25) is 0 Å². The molecular formula is C14H25N3O3. The van der Waals surface area contributed by atoms with E-state index in [1.54, 1.807) is 4.90 Å². The molecule has 2 fully saturated rings. The van der Waals surface area contributed by atoms with E-state index in [4.69, 9.17) is 0 Å². The fourth-order valence-electron chi connectivity index (χ4n) is 3.37. The van der Waals surface area contributed by atoms with E-state index in [1.165, 1.54) is 0 Å². The molecule has 114 valence electrons. The Balaban J connectivity index is 2.09. The molecule has 2 unspecified atom stereocenters. The van der Waals surface area contributed by atoms with Gasteiger partial charge in [-0.05, 0) is 45.2 Å². The van der Waals surface area contributed by atoms with E-state index in [2.05, 4.69) is 5.32 Å². The van der Waals surface area contributed by atoms with E-state index in [1.807, 2.05) is 18.7 Å². The maximum Gasteiger partial charge on any atom is 0.326 e. The van der Waals surface area contributed by atoms with E-state index >= 15 is 0 Å². The molecule has 0 radical (unpaired) electrons. The van der Waals surface area contributed by atoms with Gasteiger partial charge in [0.05, 0.1) is 0 Å². The number of urea groups is 1. The normalized spacial score (nSPS) is 27.6. The minimum atomic E-state index is -0.885. The number of nitrogens with one attached hydrogen (secondary N) is 1. The standard InChI is InChI=1S/C14H25N3O3/c1-3-16(11-4-7-15-8-5-11)14(20)17-9-6-10(2)12(17)13(18)19/h10-12,15H,3-9H2,1-2H3,(H,18,19). The van der Waals surface area contributed by atoms with Gasteiger partial charge in [0.25, 0.3) is 0 Å². The summed E-state index contributed by atoms with van der Waals surface area (Å²) in [4.78, 5) is 27.5. The van der Waals surface area contributed by atoms with Crippen molar-refractivity contribution in [3.8, 4) is 0 Å². The largest absolute Gasteiger partial charge is 0.480 e. The highest BCUT2D eigenvalue weighted by Crippen LogP contribution is 2.26. The Kier molecular flexibility index (Phi) is 4.86. The first-order chi connectivity index (χ1) is 9.56. The van der Waals surface area contributed by atoms with Gasteiger partial charge in [-0.25, -0.2) is 9.59 Å². The summed E-state index contributed by atoms with van der Waals surface area (Å²) in [5, 5.41) is 12.6. The second-order valence-electron chi connectivity index (χ2n) is 5.79. The molecule has 0 aromatic rings. The second-order valence-corrected chi connectivity index (χ2v) is 5.79. The fraction of sp³-hybridized carbons (Fsp3) is 0.857. The molecule has 0 saturated carbocycles. The van der Waals surface area contributed by atoms with Crippen LogP contribution in [0.3, 0.4) is 0 Å². The molecule has 2 atom stereocenters. The zero-order valence-corrected chi connectivity index (χ0v) is 12.3. The third-order valence-corrected chi connectivity index (χ3v) is 4.53. The average Bonchev–Trinajstić information content (AvgIpc) is 2.82. The molecule has 2 N–H and O–H groups in total. The predicted octanol–water partition coefficient (Wildman–Crippen LogP) is 0.975. The van der Waals surface area contributed by atoms with Crippen LogP contribution in [-0.4, -0.2) is 65.2 Å². The van der Waals surface area contributed by atoms with E-state index in [0.29, 0.717) is 13.1 Å². The summed E-state index contributed by atoms with van der Waals surface area (Å²) in [6, 6.07) is -0.534. The highest BCUT2D eigenvalue weighted by atomic mass is 16.4. The smallest absolute Gasteiger partial charge is 0.326 e. The first-order valence-electron chi connectivity index (χ1n) is 7.57. The van der Waals surface area contributed by atoms with Crippen molar-refractivity contribution < 1.29 is 14.7 Å². The Morgan fingerprint density at radius 2 is 1.95 bits per heavy atom. The van der Waals surface area contributed by atoms with Gasteiger partial charge in [0.1, 0.15) is 6.04 Å². The summed E-state index contributed by atoms with van der Waals surface area (Å²) in [7, 11) is 0.